The van der Waals surface area contributed by atoms with Crippen molar-refractivity contribution in [3.63, 3.8) is 0 Å². The van der Waals surface area contributed by atoms with Crippen LogP contribution >= 0.6 is 11.8 Å². The van der Waals surface area contributed by atoms with Crippen LogP contribution in [0.25, 0.3) is 11.4 Å². The van der Waals surface area contributed by atoms with Gasteiger partial charge in [-0.05, 0) is 19.1 Å². The Bertz CT molecular complexity index is 562. The summed E-state index contributed by atoms with van der Waals surface area (Å²) < 4.78 is 0. The van der Waals surface area contributed by atoms with Crippen LogP contribution in [0.4, 0.5) is 0 Å². The van der Waals surface area contributed by atoms with Crippen molar-refractivity contribution in [3.8, 4) is 22.9 Å². The SMILES string of the molecule is CC(=O)CSc1n[nH]c(-c2cc(O)cc(O)c2)n1. The zero-order valence-corrected chi connectivity index (χ0v) is 10.4. The quantitative estimate of drug-likeness (QED) is 0.726. The summed E-state index contributed by atoms with van der Waals surface area (Å²) in [5, 5.41) is 25.8. The Morgan fingerprint density at radius 3 is 2.61 bits per heavy atom. The Balaban J connectivity index is 2.21. The Kier molecular flexibility index (Phi) is 3.52. The van der Waals surface area contributed by atoms with E-state index in [1.54, 1.807) is 0 Å². The van der Waals surface area contributed by atoms with Crippen molar-refractivity contribution >= 4 is 17.5 Å². The average molecular weight is 265 g/mol. The van der Waals surface area contributed by atoms with E-state index >= 15 is 0 Å². The second-order valence-corrected chi connectivity index (χ2v) is 4.64. The Morgan fingerprint density at radius 2 is 2.00 bits per heavy atom. The van der Waals surface area contributed by atoms with Gasteiger partial charge < -0.3 is 10.2 Å². The molecule has 0 spiro atoms. The lowest BCUT2D eigenvalue weighted by Gasteiger charge is -1.99. The molecule has 18 heavy (non-hydrogen) atoms. The van der Waals surface area contributed by atoms with E-state index in [0.29, 0.717) is 22.3 Å². The molecule has 0 bridgehead atoms. The van der Waals surface area contributed by atoms with E-state index in [1.165, 1.54) is 36.9 Å². The first kappa shape index (κ1) is 12.4. The monoisotopic (exact) mass is 265 g/mol. The highest BCUT2D eigenvalue weighted by Gasteiger charge is 2.09. The number of carbonyl (C=O) groups is 1. The molecular formula is C11H11N3O3S. The maximum absolute atomic E-state index is 10.8. The number of hydrogen-bond acceptors (Lipinski definition) is 6. The molecule has 0 saturated carbocycles. The van der Waals surface area contributed by atoms with Crippen LogP contribution in [-0.4, -0.2) is 36.9 Å². The van der Waals surface area contributed by atoms with Gasteiger partial charge in [-0.1, -0.05) is 11.8 Å². The highest BCUT2D eigenvalue weighted by Crippen LogP contribution is 2.27. The minimum absolute atomic E-state index is 0.0429. The summed E-state index contributed by atoms with van der Waals surface area (Å²) >= 11 is 1.22. The number of aromatic amines is 1. The van der Waals surface area contributed by atoms with Gasteiger partial charge in [0, 0.05) is 11.6 Å². The summed E-state index contributed by atoms with van der Waals surface area (Å²) in [5.74, 6) is 0.662. The number of hydrogen-bond donors (Lipinski definition) is 3. The fourth-order valence-electron chi connectivity index (χ4n) is 1.34. The lowest BCUT2D eigenvalue weighted by molar-refractivity contribution is -0.114. The van der Waals surface area contributed by atoms with Crippen LogP contribution in [0.1, 0.15) is 6.92 Å². The third kappa shape index (κ3) is 3.01. The van der Waals surface area contributed by atoms with Crippen molar-refractivity contribution in [2.45, 2.75) is 12.1 Å². The number of phenols is 2. The average Bonchev–Trinajstić information content (AvgIpc) is 2.73. The van der Waals surface area contributed by atoms with Gasteiger partial charge >= 0.3 is 0 Å². The minimum atomic E-state index is -0.0562. The van der Waals surface area contributed by atoms with E-state index < -0.39 is 0 Å². The van der Waals surface area contributed by atoms with Crippen molar-refractivity contribution in [2.24, 2.45) is 0 Å². The molecule has 0 fully saturated rings. The molecule has 6 nitrogen and oxygen atoms in total. The van der Waals surface area contributed by atoms with E-state index in [-0.39, 0.29) is 17.3 Å². The predicted octanol–water partition coefficient (Wildman–Crippen LogP) is 1.56. The van der Waals surface area contributed by atoms with Crippen LogP contribution in [0.15, 0.2) is 23.4 Å². The number of rotatable bonds is 4. The summed E-state index contributed by atoms with van der Waals surface area (Å²) in [7, 11) is 0. The highest BCUT2D eigenvalue weighted by atomic mass is 32.2. The molecule has 0 aliphatic rings. The summed E-state index contributed by atoms with van der Waals surface area (Å²) in [6, 6.07) is 4.14. The number of benzene rings is 1. The van der Waals surface area contributed by atoms with Crippen LogP contribution in [0.5, 0.6) is 11.5 Å². The third-order valence-electron chi connectivity index (χ3n) is 2.05. The second-order valence-electron chi connectivity index (χ2n) is 3.70. The van der Waals surface area contributed by atoms with Crippen molar-refractivity contribution in [3.05, 3.63) is 18.2 Å². The van der Waals surface area contributed by atoms with E-state index in [1.807, 2.05) is 0 Å². The van der Waals surface area contributed by atoms with Gasteiger partial charge in [0.15, 0.2) is 5.82 Å². The molecular weight excluding hydrogens is 254 g/mol. The molecule has 1 heterocycles. The van der Waals surface area contributed by atoms with Crippen molar-refractivity contribution in [2.75, 3.05) is 5.75 Å². The van der Waals surface area contributed by atoms with Crippen molar-refractivity contribution < 1.29 is 15.0 Å². The molecule has 0 aliphatic carbocycles. The number of nitrogens with zero attached hydrogens (tertiary/aromatic N) is 2. The summed E-state index contributed by atoms with van der Waals surface area (Å²) in [4.78, 5) is 15.0. The van der Waals surface area contributed by atoms with E-state index in [4.69, 9.17) is 0 Å². The maximum Gasteiger partial charge on any atom is 0.209 e. The number of thioether (sulfide) groups is 1. The first-order chi connectivity index (χ1) is 8.54. The normalized spacial score (nSPS) is 10.5. The van der Waals surface area contributed by atoms with Crippen molar-refractivity contribution in [1.82, 2.24) is 15.2 Å². The Morgan fingerprint density at radius 1 is 1.33 bits per heavy atom. The lowest BCUT2D eigenvalue weighted by Crippen LogP contribution is -1.93. The summed E-state index contributed by atoms with van der Waals surface area (Å²) in [5.41, 5.74) is 0.523. The molecule has 2 aromatic rings. The van der Waals surface area contributed by atoms with Gasteiger partial charge in [-0.25, -0.2) is 4.98 Å². The topological polar surface area (TPSA) is 99.1 Å². The van der Waals surface area contributed by atoms with E-state index in [0.717, 1.165) is 0 Å². The molecule has 0 unspecified atom stereocenters. The van der Waals surface area contributed by atoms with E-state index in [9.17, 15) is 15.0 Å². The van der Waals surface area contributed by atoms with Crippen LogP contribution in [-0.2, 0) is 4.79 Å². The number of Topliss-reactive ketones (excluding diaryl/α,β-unsaturated/α-hetero) is 1. The molecule has 94 valence electrons. The van der Waals surface area contributed by atoms with Gasteiger partial charge in [0.05, 0.1) is 5.75 Å². The number of aromatic hydroxyl groups is 2. The van der Waals surface area contributed by atoms with Crippen LogP contribution in [0.2, 0.25) is 0 Å². The smallest absolute Gasteiger partial charge is 0.209 e. The molecule has 3 N–H and O–H groups in total. The van der Waals surface area contributed by atoms with Gasteiger partial charge in [-0.15, -0.1) is 5.10 Å². The fraction of sp³-hybridized carbons (Fsp3) is 0.182. The number of nitrogens with one attached hydrogen (secondary N) is 1. The largest absolute Gasteiger partial charge is 0.508 e. The Labute approximate surface area is 107 Å². The lowest BCUT2D eigenvalue weighted by atomic mass is 10.2. The molecule has 1 aromatic heterocycles. The third-order valence-corrected chi connectivity index (χ3v) is 3.04. The Hall–Kier alpha value is -2.02. The zero-order chi connectivity index (χ0) is 13.1. The minimum Gasteiger partial charge on any atom is -0.508 e. The molecule has 0 saturated heterocycles. The number of phenolic OH excluding ortho intramolecular Hbond substituents is 2. The molecule has 0 amide bonds. The molecule has 0 atom stereocenters. The van der Waals surface area contributed by atoms with Crippen molar-refractivity contribution in [1.29, 1.82) is 0 Å². The first-order valence-electron chi connectivity index (χ1n) is 5.12. The fourth-order valence-corrected chi connectivity index (χ4v) is 1.94. The molecule has 0 aliphatic heterocycles. The molecule has 2 rings (SSSR count). The van der Waals surface area contributed by atoms with Crippen LogP contribution in [0.3, 0.4) is 0 Å². The van der Waals surface area contributed by atoms with Gasteiger partial charge in [-0.2, -0.15) is 0 Å². The summed E-state index contributed by atoms with van der Waals surface area (Å²) in [6.07, 6.45) is 0. The molecule has 1 aromatic carbocycles. The summed E-state index contributed by atoms with van der Waals surface area (Å²) in [6.45, 7) is 1.49. The highest BCUT2D eigenvalue weighted by molar-refractivity contribution is 7.99. The number of H-pyrrole nitrogens is 1. The van der Waals surface area contributed by atoms with Gasteiger partial charge in [-0.3, -0.25) is 9.89 Å². The number of carbonyl (C=O) groups excluding carboxylic acids is 1. The first-order valence-corrected chi connectivity index (χ1v) is 6.11. The second kappa shape index (κ2) is 5.09. The standard InChI is InChI=1S/C11H11N3O3S/c1-6(15)5-18-11-12-10(13-14-11)7-2-8(16)4-9(17)3-7/h2-4,16-17H,5H2,1H3,(H,12,13,14). The van der Waals surface area contributed by atoms with Crippen LogP contribution in [0, 0.1) is 0 Å². The van der Waals surface area contributed by atoms with Gasteiger partial charge in [0.2, 0.25) is 5.16 Å². The molecule has 7 heteroatoms. The number of ketones is 1. The predicted molar refractivity (Wildman–Crippen MR) is 66.6 cm³/mol. The van der Waals surface area contributed by atoms with Crippen LogP contribution < -0.4 is 0 Å². The number of aromatic nitrogens is 3. The van der Waals surface area contributed by atoms with Gasteiger partial charge in [0.25, 0.3) is 0 Å². The van der Waals surface area contributed by atoms with E-state index in [2.05, 4.69) is 15.2 Å². The zero-order valence-electron chi connectivity index (χ0n) is 9.54. The van der Waals surface area contributed by atoms with Gasteiger partial charge in [0.1, 0.15) is 17.3 Å². The molecule has 0 radical (unpaired) electrons. The maximum atomic E-state index is 10.8.